The van der Waals surface area contributed by atoms with Gasteiger partial charge < -0.3 is 9.84 Å². The summed E-state index contributed by atoms with van der Waals surface area (Å²) < 4.78 is 4.54. The molecular weight excluding hydrogens is 208 g/mol. The highest BCUT2D eigenvalue weighted by Crippen LogP contribution is 2.22. The van der Waals surface area contributed by atoms with Crippen molar-refractivity contribution in [2.45, 2.75) is 6.92 Å². The van der Waals surface area contributed by atoms with Gasteiger partial charge in [-0.15, -0.1) is 11.3 Å². The number of methoxy groups -OCH3 is 1. The maximum Gasteiger partial charge on any atom is 0.339 e. The normalized spacial score (nSPS) is 9.69. The maximum absolute atomic E-state index is 11.2. The average molecular weight is 216 g/mol. The first-order chi connectivity index (χ1) is 6.07. The van der Waals surface area contributed by atoms with Gasteiger partial charge in [0.2, 0.25) is 0 Å². The summed E-state index contributed by atoms with van der Waals surface area (Å²) in [6.45, 7) is 1.79. The molecule has 0 aliphatic heterocycles. The molecule has 13 heavy (non-hydrogen) atoms. The van der Waals surface area contributed by atoms with Crippen molar-refractivity contribution in [3.05, 3.63) is 21.4 Å². The number of carbonyl (C=O) groups is 1. The second-order valence-electron chi connectivity index (χ2n) is 2.38. The van der Waals surface area contributed by atoms with Crippen molar-refractivity contribution in [1.82, 2.24) is 0 Å². The standard InChI is InChI=1S/C8H8O3S2/c1-4-6(8(10)12)5(3-13-4)7(9)11-2/h3H,1-2H3,(H,10,12). The van der Waals surface area contributed by atoms with Crippen LogP contribution in [0.4, 0.5) is 0 Å². The van der Waals surface area contributed by atoms with E-state index in [0.717, 1.165) is 4.88 Å². The number of esters is 1. The Labute approximate surface area is 85.0 Å². The Morgan fingerprint density at radius 3 is 2.77 bits per heavy atom. The van der Waals surface area contributed by atoms with E-state index < -0.39 is 5.97 Å². The van der Waals surface area contributed by atoms with Gasteiger partial charge in [-0.25, -0.2) is 4.79 Å². The van der Waals surface area contributed by atoms with Crippen molar-refractivity contribution in [2.75, 3.05) is 7.11 Å². The lowest BCUT2D eigenvalue weighted by Crippen LogP contribution is -2.07. The monoisotopic (exact) mass is 216 g/mol. The summed E-state index contributed by atoms with van der Waals surface area (Å²) in [6.07, 6.45) is 0. The fourth-order valence-electron chi connectivity index (χ4n) is 0.981. The van der Waals surface area contributed by atoms with E-state index in [1.54, 1.807) is 12.3 Å². The number of thiophene rings is 1. The van der Waals surface area contributed by atoms with Crippen LogP contribution < -0.4 is 0 Å². The topological polar surface area (TPSA) is 46.5 Å². The highest BCUT2D eigenvalue weighted by Gasteiger charge is 2.18. The first-order valence-corrected chi connectivity index (χ1v) is 4.76. The predicted octanol–water partition coefficient (Wildman–Crippen LogP) is 2.08. The fourth-order valence-corrected chi connectivity index (χ4v) is 2.14. The van der Waals surface area contributed by atoms with Crippen molar-refractivity contribution in [2.24, 2.45) is 0 Å². The number of carbonyl (C=O) groups excluding carboxylic acids is 1. The molecule has 0 atom stereocenters. The molecule has 0 saturated carbocycles. The van der Waals surface area contributed by atoms with E-state index >= 15 is 0 Å². The van der Waals surface area contributed by atoms with Crippen LogP contribution in [0.15, 0.2) is 5.38 Å². The molecule has 1 aromatic heterocycles. The van der Waals surface area contributed by atoms with Crippen LogP contribution in [0.25, 0.3) is 0 Å². The second-order valence-corrected chi connectivity index (χ2v) is 3.85. The third-order valence-corrected chi connectivity index (χ3v) is 2.71. The minimum absolute atomic E-state index is 0.265. The van der Waals surface area contributed by atoms with Gasteiger partial charge in [-0.3, -0.25) is 0 Å². The first-order valence-electron chi connectivity index (χ1n) is 3.47. The van der Waals surface area contributed by atoms with E-state index in [1.807, 2.05) is 0 Å². The molecule has 0 aromatic carbocycles. The summed E-state index contributed by atoms with van der Waals surface area (Å²) in [5, 5.41) is 10.5. The van der Waals surface area contributed by atoms with Crippen LogP contribution in [0.3, 0.4) is 0 Å². The summed E-state index contributed by atoms with van der Waals surface area (Å²) in [5.74, 6) is -0.476. The molecule has 3 nitrogen and oxygen atoms in total. The van der Waals surface area contributed by atoms with E-state index in [1.165, 1.54) is 18.4 Å². The number of aryl methyl sites for hydroxylation is 1. The number of aliphatic hydroxyl groups excluding tert-OH is 1. The van der Waals surface area contributed by atoms with Crippen molar-refractivity contribution in [3.8, 4) is 0 Å². The van der Waals surface area contributed by atoms with Gasteiger partial charge in [-0.1, -0.05) is 0 Å². The van der Waals surface area contributed by atoms with E-state index in [9.17, 15) is 4.79 Å². The van der Waals surface area contributed by atoms with Gasteiger partial charge in [0.15, 0.2) is 5.05 Å². The SMILES string of the molecule is COC(=O)c1csc(C)c1C(O)=S. The van der Waals surface area contributed by atoms with Gasteiger partial charge >= 0.3 is 5.97 Å². The molecule has 1 aromatic rings. The van der Waals surface area contributed by atoms with Crippen LogP contribution >= 0.6 is 23.6 Å². The molecule has 1 heterocycles. The van der Waals surface area contributed by atoms with E-state index in [-0.39, 0.29) is 5.05 Å². The van der Waals surface area contributed by atoms with Gasteiger partial charge in [0.1, 0.15) is 0 Å². The number of aliphatic hydroxyl groups is 1. The molecular formula is C8H8O3S2. The minimum Gasteiger partial charge on any atom is -0.498 e. The summed E-state index contributed by atoms with van der Waals surface area (Å²) in [5.41, 5.74) is 0.740. The number of hydrogen-bond acceptors (Lipinski definition) is 4. The van der Waals surface area contributed by atoms with Crippen LogP contribution in [0.5, 0.6) is 0 Å². The van der Waals surface area contributed by atoms with Crippen LogP contribution in [-0.4, -0.2) is 23.2 Å². The zero-order chi connectivity index (χ0) is 10.0. The molecule has 0 fully saturated rings. The minimum atomic E-state index is -0.476. The lowest BCUT2D eigenvalue weighted by Gasteiger charge is -1.99. The van der Waals surface area contributed by atoms with Crippen molar-refractivity contribution in [1.29, 1.82) is 0 Å². The average Bonchev–Trinajstić information content (AvgIpc) is 2.45. The van der Waals surface area contributed by atoms with Gasteiger partial charge in [-0.2, -0.15) is 0 Å². The van der Waals surface area contributed by atoms with Crippen molar-refractivity contribution >= 4 is 34.6 Å². The van der Waals surface area contributed by atoms with Gasteiger partial charge in [0.25, 0.3) is 0 Å². The number of rotatable bonds is 2. The van der Waals surface area contributed by atoms with E-state index in [2.05, 4.69) is 17.0 Å². The molecule has 0 spiro atoms. The molecule has 0 amide bonds. The lowest BCUT2D eigenvalue weighted by molar-refractivity contribution is 0.0601. The molecule has 0 unspecified atom stereocenters. The Kier molecular flexibility index (Phi) is 3.00. The van der Waals surface area contributed by atoms with E-state index in [4.69, 9.17) is 5.11 Å². The van der Waals surface area contributed by atoms with Crippen molar-refractivity contribution < 1.29 is 14.6 Å². The van der Waals surface area contributed by atoms with Crippen LogP contribution in [0, 0.1) is 6.92 Å². The van der Waals surface area contributed by atoms with Crippen LogP contribution in [0.2, 0.25) is 0 Å². The number of hydrogen-bond donors (Lipinski definition) is 1. The Balaban J connectivity index is 3.22. The largest absolute Gasteiger partial charge is 0.498 e. The quantitative estimate of drug-likeness (QED) is 0.607. The molecule has 0 bridgehead atoms. The zero-order valence-corrected chi connectivity index (χ0v) is 8.79. The smallest absolute Gasteiger partial charge is 0.339 e. The van der Waals surface area contributed by atoms with E-state index in [0.29, 0.717) is 11.1 Å². The Morgan fingerprint density at radius 1 is 1.69 bits per heavy atom. The van der Waals surface area contributed by atoms with Crippen LogP contribution in [0.1, 0.15) is 20.8 Å². The highest BCUT2D eigenvalue weighted by molar-refractivity contribution is 7.80. The molecule has 0 radical (unpaired) electrons. The summed E-state index contributed by atoms with van der Waals surface area (Å²) >= 11 is 5.97. The second kappa shape index (κ2) is 3.85. The van der Waals surface area contributed by atoms with Gasteiger partial charge in [0.05, 0.1) is 18.2 Å². The molecule has 5 heteroatoms. The summed E-state index contributed by atoms with van der Waals surface area (Å²) in [6, 6.07) is 0. The molecule has 70 valence electrons. The third kappa shape index (κ3) is 1.87. The Morgan fingerprint density at radius 2 is 2.31 bits per heavy atom. The number of thiocarbonyl (C=S) groups is 1. The predicted molar refractivity (Wildman–Crippen MR) is 54.7 cm³/mol. The third-order valence-electron chi connectivity index (χ3n) is 1.59. The molecule has 0 saturated heterocycles. The van der Waals surface area contributed by atoms with Gasteiger partial charge in [-0.05, 0) is 19.1 Å². The zero-order valence-electron chi connectivity index (χ0n) is 7.16. The molecule has 1 rings (SSSR count). The maximum atomic E-state index is 11.2. The first kappa shape index (κ1) is 10.1. The molecule has 0 aliphatic carbocycles. The van der Waals surface area contributed by atoms with Crippen LogP contribution in [-0.2, 0) is 4.74 Å². The summed E-state index contributed by atoms with van der Waals surface area (Å²) in [7, 11) is 1.29. The Bertz CT molecular complexity index is 354. The van der Waals surface area contributed by atoms with Crippen molar-refractivity contribution in [3.63, 3.8) is 0 Å². The van der Waals surface area contributed by atoms with Gasteiger partial charge in [0, 0.05) is 10.3 Å². The molecule has 0 aliphatic rings. The Hall–Kier alpha value is -0.940. The lowest BCUT2D eigenvalue weighted by atomic mass is 10.1. The fraction of sp³-hybridized carbons (Fsp3) is 0.250. The molecule has 1 N–H and O–H groups in total. The summed E-state index contributed by atoms with van der Waals surface area (Å²) in [4.78, 5) is 12.0. The highest BCUT2D eigenvalue weighted by atomic mass is 32.1. The number of ether oxygens (including phenoxy) is 1.